The van der Waals surface area contributed by atoms with Crippen LogP contribution < -0.4 is 4.90 Å². The second kappa shape index (κ2) is 8.35. The van der Waals surface area contributed by atoms with Crippen molar-refractivity contribution in [2.75, 3.05) is 4.90 Å². The Bertz CT molecular complexity index is 1050. The molecule has 4 aromatic rings. The van der Waals surface area contributed by atoms with Crippen LogP contribution in [0.3, 0.4) is 0 Å². The number of para-hydroxylation sites is 1. The molecule has 0 spiro atoms. The summed E-state index contributed by atoms with van der Waals surface area (Å²) in [7, 11) is 0. The molecule has 0 radical (unpaired) electrons. The van der Waals surface area contributed by atoms with Crippen LogP contribution in [0.1, 0.15) is 11.5 Å². The van der Waals surface area contributed by atoms with Crippen LogP contribution in [0.15, 0.2) is 98.3 Å². The number of rotatable bonds is 7. The minimum atomic E-state index is -0.0226. The third-order valence-electron chi connectivity index (χ3n) is 4.32. The molecule has 0 aliphatic rings. The molecule has 2 N–H and O–H groups in total. The van der Waals surface area contributed by atoms with Crippen LogP contribution in [0.5, 0.6) is 11.5 Å². The zero-order chi connectivity index (χ0) is 20.1. The van der Waals surface area contributed by atoms with Gasteiger partial charge in [0.1, 0.15) is 34.4 Å². The number of furan rings is 2. The highest BCUT2D eigenvalue weighted by molar-refractivity contribution is 5.61. The van der Waals surface area contributed by atoms with E-state index in [0.29, 0.717) is 24.5 Å². The standard InChI is InChI=1S/C22H19N3O4/c26-21-8-2-1-7-19(21)23-24-20-10-9-16(13-22(20)27)25(14-17-5-3-11-28-17)15-18-6-4-12-29-18/h1-13,26-27H,14-15H2. The molecule has 0 saturated carbocycles. The Balaban J connectivity index is 1.58. The lowest BCUT2D eigenvalue weighted by Gasteiger charge is -2.23. The predicted octanol–water partition coefficient (Wildman–Crippen LogP) is 5.91. The van der Waals surface area contributed by atoms with Gasteiger partial charge in [-0.3, -0.25) is 0 Å². The molecule has 7 heteroatoms. The summed E-state index contributed by atoms with van der Waals surface area (Å²) in [6, 6.07) is 19.2. The number of hydrogen-bond donors (Lipinski definition) is 2. The quantitative estimate of drug-likeness (QED) is 0.383. The first-order valence-corrected chi connectivity index (χ1v) is 9.01. The van der Waals surface area contributed by atoms with Gasteiger partial charge in [0.05, 0.1) is 25.6 Å². The summed E-state index contributed by atoms with van der Waals surface area (Å²) in [5.41, 5.74) is 1.40. The van der Waals surface area contributed by atoms with Gasteiger partial charge in [-0.1, -0.05) is 12.1 Å². The lowest BCUT2D eigenvalue weighted by atomic mass is 10.2. The van der Waals surface area contributed by atoms with E-state index in [2.05, 4.69) is 10.2 Å². The molecule has 0 amide bonds. The summed E-state index contributed by atoms with van der Waals surface area (Å²) in [4.78, 5) is 2.02. The Morgan fingerprint density at radius 3 is 1.86 bits per heavy atom. The maximum Gasteiger partial charge on any atom is 0.145 e. The fourth-order valence-corrected chi connectivity index (χ4v) is 2.87. The molecule has 0 unspecified atom stereocenters. The van der Waals surface area contributed by atoms with Crippen LogP contribution in [-0.4, -0.2) is 10.2 Å². The molecule has 2 heterocycles. The van der Waals surface area contributed by atoms with E-state index in [0.717, 1.165) is 17.2 Å². The molecule has 0 saturated heterocycles. The molecule has 7 nitrogen and oxygen atoms in total. The van der Waals surface area contributed by atoms with E-state index in [1.54, 1.807) is 42.9 Å². The van der Waals surface area contributed by atoms with E-state index in [1.165, 1.54) is 6.07 Å². The van der Waals surface area contributed by atoms with Gasteiger partial charge < -0.3 is 23.9 Å². The molecule has 0 aliphatic heterocycles. The topological polar surface area (TPSA) is 94.7 Å². The zero-order valence-electron chi connectivity index (χ0n) is 15.5. The zero-order valence-corrected chi connectivity index (χ0v) is 15.5. The van der Waals surface area contributed by atoms with Crippen molar-refractivity contribution in [2.45, 2.75) is 13.1 Å². The van der Waals surface area contributed by atoms with Crippen molar-refractivity contribution in [3.05, 3.63) is 90.8 Å². The minimum Gasteiger partial charge on any atom is -0.506 e. The first-order valence-electron chi connectivity index (χ1n) is 9.01. The van der Waals surface area contributed by atoms with E-state index in [1.807, 2.05) is 35.2 Å². The molecule has 4 rings (SSSR count). The molecule has 0 fully saturated rings. The van der Waals surface area contributed by atoms with E-state index in [4.69, 9.17) is 8.83 Å². The van der Waals surface area contributed by atoms with E-state index in [9.17, 15) is 10.2 Å². The van der Waals surface area contributed by atoms with Gasteiger partial charge in [-0.2, -0.15) is 0 Å². The summed E-state index contributed by atoms with van der Waals surface area (Å²) < 4.78 is 10.9. The third kappa shape index (κ3) is 4.47. The van der Waals surface area contributed by atoms with Gasteiger partial charge in [0.15, 0.2) is 0 Å². The number of benzene rings is 2. The van der Waals surface area contributed by atoms with Gasteiger partial charge in [0.2, 0.25) is 0 Å². The average Bonchev–Trinajstić information content (AvgIpc) is 3.42. The number of phenolic OH excluding ortho intramolecular Hbond substituents is 2. The highest BCUT2D eigenvalue weighted by Crippen LogP contribution is 2.34. The van der Waals surface area contributed by atoms with Crippen LogP contribution in [0.4, 0.5) is 17.1 Å². The number of hydrogen-bond acceptors (Lipinski definition) is 7. The summed E-state index contributed by atoms with van der Waals surface area (Å²) in [5.74, 6) is 1.58. The Hall–Kier alpha value is -4.00. The van der Waals surface area contributed by atoms with Gasteiger partial charge >= 0.3 is 0 Å². The van der Waals surface area contributed by atoms with Crippen molar-refractivity contribution in [1.82, 2.24) is 0 Å². The average molecular weight is 389 g/mol. The van der Waals surface area contributed by atoms with Crippen molar-refractivity contribution < 1.29 is 19.0 Å². The number of anilines is 1. The van der Waals surface area contributed by atoms with Crippen LogP contribution in [-0.2, 0) is 13.1 Å². The predicted molar refractivity (Wildman–Crippen MR) is 108 cm³/mol. The van der Waals surface area contributed by atoms with Crippen LogP contribution in [0.2, 0.25) is 0 Å². The molecule has 0 atom stereocenters. The Kier molecular flexibility index (Phi) is 5.29. The van der Waals surface area contributed by atoms with Gasteiger partial charge in [-0.25, -0.2) is 0 Å². The molecule has 146 valence electrons. The van der Waals surface area contributed by atoms with Gasteiger partial charge in [-0.15, -0.1) is 10.2 Å². The van der Waals surface area contributed by atoms with E-state index < -0.39 is 0 Å². The monoisotopic (exact) mass is 389 g/mol. The number of phenols is 2. The van der Waals surface area contributed by atoms with Gasteiger partial charge in [0.25, 0.3) is 0 Å². The van der Waals surface area contributed by atoms with Crippen LogP contribution >= 0.6 is 0 Å². The van der Waals surface area contributed by atoms with Crippen molar-refractivity contribution in [3.63, 3.8) is 0 Å². The highest BCUT2D eigenvalue weighted by atomic mass is 16.3. The molecule has 29 heavy (non-hydrogen) atoms. The summed E-state index contributed by atoms with van der Waals surface area (Å²) in [5, 5.41) is 28.3. The fourth-order valence-electron chi connectivity index (χ4n) is 2.87. The SMILES string of the molecule is Oc1ccccc1N=Nc1ccc(N(Cc2ccco2)Cc2ccco2)cc1O. The van der Waals surface area contributed by atoms with Crippen molar-refractivity contribution >= 4 is 17.1 Å². The second-order valence-electron chi connectivity index (χ2n) is 6.38. The minimum absolute atomic E-state index is 0.0226. The van der Waals surface area contributed by atoms with E-state index >= 15 is 0 Å². The fraction of sp³-hybridized carbons (Fsp3) is 0.0909. The molecule has 0 aliphatic carbocycles. The van der Waals surface area contributed by atoms with E-state index in [-0.39, 0.29) is 11.5 Å². The largest absolute Gasteiger partial charge is 0.506 e. The molecular weight excluding hydrogens is 370 g/mol. The lowest BCUT2D eigenvalue weighted by molar-refractivity contribution is 0.469. The van der Waals surface area contributed by atoms with Gasteiger partial charge in [0, 0.05) is 11.8 Å². The maximum atomic E-state index is 10.4. The first-order chi connectivity index (χ1) is 14.2. The Morgan fingerprint density at radius 2 is 1.31 bits per heavy atom. The second-order valence-corrected chi connectivity index (χ2v) is 6.38. The van der Waals surface area contributed by atoms with Crippen molar-refractivity contribution in [2.24, 2.45) is 10.2 Å². The summed E-state index contributed by atoms with van der Waals surface area (Å²) >= 11 is 0. The van der Waals surface area contributed by atoms with Gasteiger partial charge in [-0.05, 0) is 48.5 Å². The molecular formula is C22H19N3O4. The molecule has 2 aromatic carbocycles. The smallest absolute Gasteiger partial charge is 0.145 e. The van der Waals surface area contributed by atoms with Crippen molar-refractivity contribution in [1.29, 1.82) is 0 Å². The molecule has 0 bridgehead atoms. The number of nitrogens with zero attached hydrogens (tertiary/aromatic N) is 3. The number of azo groups is 1. The normalized spacial score (nSPS) is 11.2. The summed E-state index contributed by atoms with van der Waals surface area (Å²) in [6.45, 7) is 1.01. The number of aromatic hydroxyl groups is 2. The highest BCUT2D eigenvalue weighted by Gasteiger charge is 2.14. The maximum absolute atomic E-state index is 10.4. The Labute approximate surface area is 167 Å². The lowest BCUT2D eigenvalue weighted by Crippen LogP contribution is -2.21. The molecule has 2 aromatic heterocycles. The van der Waals surface area contributed by atoms with Crippen LogP contribution in [0.25, 0.3) is 0 Å². The van der Waals surface area contributed by atoms with Crippen LogP contribution in [0, 0.1) is 0 Å². The Morgan fingerprint density at radius 1 is 0.690 bits per heavy atom. The third-order valence-corrected chi connectivity index (χ3v) is 4.32. The first kappa shape index (κ1) is 18.4. The summed E-state index contributed by atoms with van der Waals surface area (Å²) in [6.07, 6.45) is 3.25. The van der Waals surface area contributed by atoms with Crippen molar-refractivity contribution in [3.8, 4) is 11.5 Å².